The van der Waals surface area contributed by atoms with Gasteiger partial charge in [-0.25, -0.2) is 8.42 Å². The Balaban J connectivity index is 2.59. The van der Waals surface area contributed by atoms with E-state index in [0.717, 1.165) is 6.26 Å². The first-order chi connectivity index (χ1) is 7.78. The fourth-order valence-electron chi connectivity index (χ4n) is 1.08. The molecule has 0 aliphatic carbocycles. The van der Waals surface area contributed by atoms with Gasteiger partial charge in [-0.15, -0.1) is 0 Å². The fourth-order valence-corrected chi connectivity index (χ4v) is 1.93. The van der Waals surface area contributed by atoms with Gasteiger partial charge in [-0.05, 0) is 18.2 Å². The van der Waals surface area contributed by atoms with E-state index in [4.69, 9.17) is 23.2 Å². The smallest absolute Gasteiger partial charge is 0.225 e. The number of benzene rings is 1. The summed E-state index contributed by atoms with van der Waals surface area (Å²) in [4.78, 5) is 11.4. The third-order valence-electron chi connectivity index (χ3n) is 1.90. The van der Waals surface area contributed by atoms with Gasteiger partial charge in [-0.1, -0.05) is 23.2 Å². The Bertz CT molecular complexity index is 528. The summed E-state index contributed by atoms with van der Waals surface area (Å²) in [5.41, 5.74) is 0.484. The minimum absolute atomic E-state index is 0.0842. The highest BCUT2D eigenvalue weighted by atomic mass is 35.5. The monoisotopic (exact) mass is 295 g/mol. The van der Waals surface area contributed by atoms with Crippen molar-refractivity contribution in [2.75, 3.05) is 17.3 Å². The zero-order valence-corrected chi connectivity index (χ0v) is 11.4. The molecule has 0 unspecified atom stereocenters. The first-order valence-corrected chi connectivity index (χ1v) is 7.52. The number of carbonyl (C=O) groups excluding carboxylic acids is 1. The lowest BCUT2D eigenvalue weighted by molar-refractivity contribution is -0.115. The highest BCUT2D eigenvalue weighted by Gasteiger charge is 2.08. The van der Waals surface area contributed by atoms with Gasteiger partial charge in [-0.2, -0.15) is 0 Å². The van der Waals surface area contributed by atoms with Crippen LogP contribution in [-0.2, 0) is 14.6 Å². The molecule has 1 aromatic carbocycles. The maximum absolute atomic E-state index is 11.4. The van der Waals surface area contributed by atoms with Gasteiger partial charge >= 0.3 is 0 Å². The molecule has 0 spiro atoms. The van der Waals surface area contributed by atoms with Crippen LogP contribution in [0, 0.1) is 0 Å². The minimum atomic E-state index is -3.13. The topological polar surface area (TPSA) is 63.2 Å². The molecule has 0 fully saturated rings. The van der Waals surface area contributed by atoms with Crippen molar-refractivity contribution in [3.05, 3.63) is 28.2 Å². The van der Waals surface area contributed by atoms with E-state index in [-0.39, 0.29) is 18.1 Å². The maximum Gasteiger partial charge on any atom is 0.225 e. The Kier molecular flexibility index (Phi) is 4.80. The number of halogens is 2. The van der Waals surface area contributed by atoms with Gasteiger partial charge in [0.15, 0.2) is 0 Å². The zero-order chi connectivity index (χ0) is 13.1. The molecule has 1 N–H and O–H groups in total. The molecule has 0 aliphatic heterocycles. The number of amides is 1. The molecule has 0 saturated heterocycles. The summed E-state index contributed by atoms with van der Waals surface area (Å²) in [5, 5.41) is 3.25. The van der Waals surface area contributed by atoms with E-state index < -0.39 is 9.84 Å². The predicted octanol–water partition coefficient (Wildman–Crippen LogP) is 2.37. The van der Waals surface area contributed by atoms with Crippen molar-refractivity contribution in [1.29, 1.82) is 0 Å². The van der Waals surface area contributed by atoms with Gasteiger partial charge in [0.05, 0.1) is 15.8 Å². The molecule has 0 aromatic heterocycles. The van der Waals surface area contributed by atoms with Crippen molar-refractivity contribution < 1.29 is 13.2 Å². The molecule has 1 amide bonds. The van der Waals surface area contributed by atoms with Crippen LogP contribution in [0.1, 0.15) is 6.42 Å². The largest absolute Gasteiger partial charge is 0.326 e. The molecular formula is C10H11Cl2NO3S. The Morgan fingerprint density at radius 1 is 1.29 bits per heavy atom. The molecule has 0 bridgehead atoms. The Morgan fingerprint density at radius 3 is 2.47 bits per heavy atom. The lowest BCUT2D eigenvalue weighted by Crippen LogP contribution is -2.16. The van der Waals surface area contributed by atoms with Crippen molar-refractivity contribution >= 4 is 44.6 Å². The number of sulfone groups is 1. The fraction of sp³-hybridized carbons (Fsp3) is 0.300. The van der Waals surface area contributed by atoms with E-state index in [9.17, 15) is 13.2 Å². The van der Waals surface area contributed by atoms with Gasteiger partial charge in [0.2, 0.25) is 5.91 Å². The van der Waals surface area contributed by atoms with Gasteiger partial charge in [0.1, 0.15) is 9.84 Å². The lowest BCUT2D eigenvalue weighted by atomic mass is 10.3. The van der Waals surface area contributed by atoms with Crippen LogP contribution in [0.15, 0.2) is 18.2 Å². The van der Waals surface area contributed by atoms with E-state index in [2.05, 4.69) is 5.32 Å². The first-order valence-electron chi connectivity index (χ1n) is 4.70. The molecule has 0 atom stereocenters. The van der Waals surface area contributed by atoms with Crippen molar-refractivity contribution in [3.8, 4) is 0 Å². The number of hydrogen-bond donors (Lipinski definition) is 1. The summed E-state index contributed by atoms with van der Waals surface area (Å²) in [6, 6.07) is 4.64. The number of anilines is 1. The SMILES string of the molecule is CS(=O)(=O)CCC(=O)Nc1ccc(Cl)c(Cl)c1. The van der Waals surface area contributed by atoms with Crippen LogP contribution in [0.3, 0.4) is 0 Å². The number of carbonyl (C=O) groups is 1. The van der Waals surface area contributed by atoms with Gasteiger partial charge in [-0.3, -0.25) is 4.79 Å². The second-order valence-corrected chi connectivity index (χ2v) is 6.63. The molecule has 4 nitrogen and oxygen atoms in total. The van der Waals surface area contributed by atoms with Crippen LogP contribution in [0.25, 0.3) is 0 Å². The van der Waals surface area contributed by atoms with E-state index in [0.29, 0.717) is 15.7 Å². The molecule has 7 heteroatoms. The van der Waals surface area contributed by atoms with E-state index >= 15 is 0 Å². The zero-order valence-electron chi connectivity index (χ0n) is 9.04. The van der Waals surface area contributed by atoms with Crippen molar-refractivity contribution in [1.82, 2.24) is 0 Å². The molecule has 0 radical (unpaired) electrons. The summed E-state index contributed by atoms with van der Waals surface area (Å²) < 4.78 is 21.7. The van der Waals surface area contributed by atoms with Gasteiger partial charge in [0.25, 0.3) is 0 Å². The summed E-state index contributed by atoms with van der Waals surface area (Å²) in [6.45, 7) is 0. The summed E-state index contributed by atoms with van der Waals surface area (Å²) in [6.07, 6.45) is 0.999. The van der Waals surface area contributed by atoms with Crippen LogP contribution in [-0.4, -0.2) is 26.3 Å². The van der Waals surface area contributed by atoms with Gasteiger partial charge in [0, 0.05) is 18.4 Å². The number of hydrogen-bond acceptors (Lipinski definition) is 3. The Hall–Kier alpha value is -0.780. The highest BCUT2D eigenvalue weighted by Crippen LogP contribution is 2.24. The molecule has 94 valence electrons. The normalized spacial score (nSPS) is 11.2. The van der Waals surface area contributed by atoms with E-state index in [1.807, 2.05) is 0 Å². The lowest BCUT2D eigenvalue weighted by Gasteiger charge is -2.05. The molecular weight excluding hydrogens is 285 g/mol. The molecule has 0 heterocycles. The summed E-state index contributed by atoms with van der Waals surface area (Å²) in [5.74, 6) is -0.561. The molecule has 1 aromatic rings. The average Bonchev–Trinajstić information content (AvgIpc) is 2.20. The maximum atomic E-state index is 11.4. The number of rotatable bonds is 4. The second-order valence-electron chi connectivity index (χ2n) is 3.56. The Labute approximate surface area is 110 Å². The van der Waals surface area contributed by atoms with Crippen LogP contribution in [0.5, 0.6) is 0 Å². The average molecular weight is 296 g/mol. The number of nitrogens with one attached hydrogen (secondary N) is 1. The van der Waals surface area contributed by atoms with Crippen molar-refractivity contribution in [3.63, 3.8) is 0 Å². The third kappa shape index (κ3) is 5.39. The van der Waals surface area contributed by atoms with Crippen LogP contribution >= 0.6 is 23.2 Å². The minimum Gasteiger partial charge on any atom is -0.326 e. The van der Waals surface area contributed by atoms with Crippen LogP contribution < -0.4 is 5.32 Å². The summed E-state index contributed by atoms with van der Waals surface area (Å²) in [7, 11) is -3.13. The van der Waals surface area contributed by atoms with Gasteiger partial charge < -0.3 is 5.32 Å². The van der Waals surface area contributed by atoms with Crippen molar-refractivity contribution in [2.24, 2.45) is 0 Å². The first kappa shape index (κ1) is 14.3. The van der Waals surface area contributed by atoms with Crippen LogP contribution in [0.2, 0.25) is 10.0 Å². The van der Waals surface area contributed by atoms with E-state index in [1.54, 1.807) is 12.1 Å². The Morgan fingerprint density at radius 2 is 1.94 bits per heavy atom. The third-order valence-corrected chi connectivity index (χ3v) is 3.59. The van der Waals surface area contributed by atoms with E-state index in [1.165, 1.54) is 6.07 Å². The second kappa shape index (κ2) is 5.71. The molecule has 17 heavy (non-hydrogen) atoms. The quantitative estimate of drug-likeness (QED) is 0.927. The summed E-state index contributed by atoms with van der Waals surface area (Å²) >= 11 is 11.5. The van der Waals surface area contributed by atoms with Crippen molar-refractivity contribution in [2.45, 2.75) is 6.42 Å². The molecule has 0 saturated carbocycles. The van der Waals surface area contributed by atoms with Crippen LogP contribution in [0.4, 0.5) is 5.69 Å². The standard InChI is InChI=1S/C10H11Cl2NO3S/c1-17(15,16)5-4-10(14)13-7-2-3-8(11)9(12)6-7/h2-3,6H,4-5H2,1H3,(H,13,14). The molecule has 1 rings (SSSR count). The molecule has 0 aliphatic rings. The highest BCUT2D eigenvalue weighted by molar-refractivity contribution is 7.90. The predicted molar refractivity (Wildman–Crippen MR) is 69.4 cm³/mol.